The van der Waals surface area contributed by atoms with Crippen molar-refractivity contribution in [3.63, 3.8) is 0 Å². The summed E-state index contributed by atoms with van der Waals surface area (Å²) < 4.78 is 18.2. The molecule has 3 aromatic rings. The van der Waals surface area contributed by atoms with Gasteiger partial charge in [0.05, 0.1) is 24.0 Å². The van der Waals surface area contributed by atoms with Crippen molar-refractivity contribution in [1.29, 1.82) is 0 Å². The van der Waals surface area contributed by atoms with E-state index in [9.17, 15) is 4.79 Å². The smallest absolute Gasteiger partial charge is 0.316 e. The number of rotatable bonds is 8. The number of ether oxygens (including phenoxy) is 2. The molecule has 9 nitrogen and oxygen atoms in total. The lowest BCUT2D eigenvalue weighted by Crippen LogP contribution is -2.26. The molecule has 0 spiro atoms. The Morgan fingerprint density at radius 1 is 1.30 bits per heavy atom. The van der Waals surface area contributed by atoms with Crippen molar-refractivity contribution in [1.82, 2.24) is 25.2 Å². The van der Waals surface area contributed by atoms with E-state index in [0.29, 0.717) is 36.8 Å². The number of nitrogens with one attached hydrogen (secondary N) is 1. The molecule has 0 radical (unpaired) electrons. The number of hydrogen-bond acceptors (Lipinski definition) is 7. The molecule has 3 rings (SSSR count). The number of carbonyl (C=O) groups excluding carboxylic acids is 1. The van der Waals surface area contributed by atoms with Crippen LogP contribution in [0.25, 0.3) is 0 Å². The fraction of sp³-hybridized carbons (Fsp3) is 0.294. The van der Waals surface area contributed by atoms with Crippen molar-refractivity contribution in [2.75, 3.05) is 20.8 Å². The van der Waals surface area contributed by atoms with Crippen LogP contribution in [0, 0.1) is 3.57 Å². The molecule has 1 aromatic carbocycles. The molecule has 2 heterocycles. The summed E-state index contributed by atoms with van der Waals surface area (Å²) in [6, 6.07) is 5.63. The Hall–Kier alpha value is -2.63. The minimum absolute atomic E-state index is 0.0702. The van der Waals surface area contributed by atoms with Crippen LogP contribution in [0.15, 0.2) is 35.1 Å². The third-order valence-electron chi connectivity index (χ3n) is 3.71. The van der Waals surface area contributed by atoms with Crippen LogP contribution in [0.1, 0.15) is 22.1 Å². The van der Waals surface area contributed by atoms with E-state index in [1.165, 1.54) is 0 Å². The first-order valence-corrected chi connectivity index (χ1v) is 9.16. The molecule has 0 atom stereocenters. The molecular weight excluding hydrogens is 465 g/mol. The van der Waals surface area contributed by atoms with E-state index in [1.807, 2.05) is 24.4 Å². The Bertz CT molecular complexity index is 924. The third kappa shape index (κ3) is 4.96. The van der Waals surface area contributed by atoms with Gasteiger partial charge in [0.25, 0.3) is 0 Å². The maximum atomic E-state index is 12.2. The van der Waals surface area contributed by atoms with Gasteiger partial charge in [-0.15, -0.1) is 0 Å². The van der Waals surface area contributed by atoms with Gasteiger partial charge in [0.2, 0.25) is 0 Å². The zero-order valence-corrected chi connectivity index (χ0v) is 17.0. The first kappa shape index (κ1) is 19.1. The van der Waals surface area contributed by atoms with Gasteiger partial charge >= 0.3 is 11.8 Å². The number of methoxy groups -OCH3 is 2. The molecule has 0 unspecified atom stereocenters. The summed E-state index contributed by atoms with van der Waals surface area (Å²) in [6.07, 6.45) is 4.20. The van der Waals surface area contributed by atoms with E-state index in [1.54, 1.807) is 25.1 Å². The Morgan fingerprint density at radius 3 is 2.81 bits per heavy atom. The van der Waals surface area contributed by atoms with E-state index in [-0.39, 0.29) is 5.89 Å². The number of benzene rings is 1. The maximum absolute atomic E-state index is 12.2. The fourth-order valence-electron chi connectivity index (χ4n) is 2.41. The number of amides is 1. The summed E-state index contributed by atoms with van der Waals surface area (Å²) in [5, 5.41) is 10.7. The van der Waals surface area contributed by atoms with Crippen LogP contribution < -0.4 is 14.8 Å². The monoisotopic (exact) mass is 483 g/mol. The van der Waals surface area contributed by atoms with E-state index in [4.69, 9.17) is 14.0 Å². The zero-order valence-electron chi connectivity index (χ0n) is 14.8. The van der Waals surface area contributed by atoms with Gasteiger partial charge in [0.1, 0.15) is 6.54 Å². The van der Waals surface area contributed by atoms with Crippen molar-refractivity contribution >= 4 is 28.5 Å². The Morgan fingerprint density at radius 2 is 2.11 bits per heavy atom. The summed E-state index contributed by atoms with van der Waals surface area (Å²) in [6.45, 7) is 0.759. The normalized spacial score (nSPS) is 10.6. The average Bonchev–Trinajstić information content (AvgIpc) is 3.30. The van der Waals surface area contributed by atoms with Crippen LogP contribution in [-0.2, 0) is 13.0 Å². The van der Waals surface area contributed by atoms with E-state index in [0.717, 1.165) is 9.13 Å². The second-order valence-electron chi connectivity index (χ2n) is 5.57. The van der Waals surface area contributed by atoms with Crippen molar-refractivity contribution in [3.8, 4) is 11.5 Å². The average molecular weight is 483 g/mol. The molecule has 0 aliphatic carbocycles. The van der Waals surface area contributed by atoms with Crippen LogP contribution in [0.5, 0.6) is 11.5 Å². The Balaban J connectivity index is 1.52. The van der Waals surface area contributed by atoms with Gasteiger partial charge in [-0.3, -0.25) is 9.48 Å². The fourth-order valence-corrected chi connectivity index (χ4v) is 2.86. The van der Waals surface area contributed by atoms with Gasteiger partial charge < -0.3 is 19.3 Å². The first-order valence-electron chi connectivity index (χ1n) is 8.08. The largest absolute Gasteiger partial charge is 0.493 e. The van der Waals surface area contributed by atoms with Crippen molar-refractivity contribution in [2.45, 2.75) is 13.0 Å². The Kier molecular flexibility index (Phi) is 6.27. The summed E-state index contributed by atoms with van der Waals surface area (Å²) >= 11 is 2.16. The molecular formula is C17H18IN5O4. The molecule has 0 aliphatic heterocycles. The van der Waals surface area contributed by atoms with Crippen LogP contribution in [-0.4, -0.2) is 46.6 Å². The topological polar surface area (TPSA) is 104 Å². The number of halogens is 1. The highest BCUT2D eigenvalue weighted by Crippen LogP contribution is 2.27. The molecule has 27 heavy (non-hydrogen) atoms. The molecule has 2 aromatic heterocycles. The lowest BCUT2D eigenvalue weighted by molar-refractivity contribution is 0.0910. The minimum Gasteiger partial charge on any atom is -0.493 e. The highest BCUT2D eigenvalue weighted by molar-refractivity contribution is 14.1. The number of carbonyl (C=O) groups is 1. The zero-order chi connectivity index (χ0) is 19.2. The van der Waals surface area contributed by atoms with Crippen LogP contribution in [0.3, 0.4) is 0 Å². The van der Waals surface area contributed by atoms with E-state index in [2.05, 4.69) is 43.1 Å². The SMILES string of the molecule is COc1ccc(CCNC(=O)c2nc(Cn3cc(I)cn3)no2)cc1OC. The summed E-state index contributed by atoms with van der Waals surface area (Å²) in [7, 11) is 3.17. The third-order valence-corrected chi connectivity index (χ3v) is 4.27. The molecule has 0 bridgehead atoms. The van der Waals surface area contributed by atoms with Crippen molar-refractivity contribution in [3.05, 3.63) is 51.4 Å². The second-order valence-corrected chi connectivity index (χ2v) is 6.81. The minimum atomic E-state index is -0.413. The van der Waals surface area contributed by atoms with Gasteiger partial charge in [-0.05, 0) is 46.7 Å². The number of nitrogens with zero attached hydrogens (tertiary/aromatic N) is 4. The highest BCUT2D eigenvalue weighted by Gasteiger charge is 2.15. The predicted molar refractivity (Wildman–Crippen MR) is 104 cm³/mol. The Labute approximate surface area is 169 Å². The molecule has 142 valence electrons. The standard InChI is InChI=1S/C17H18IN5O4/c1-25-13-4-3-11(7-14(13)26-2)5-6-19-16(24)17-21-15(22-27-17)10-23-9-12(18)8-20-23/h3-4,7-9H,5-6,10H2,1-2H3,(H,19,24). The molecule has 1 amide bonds. The summed E-state index contributed by atoms with van der Waals surface area (Å²) in [5.74, 6) is 1.22. The van der Waals surface area contributed by atoms with E-state index >= 15 is 0 Å². The number of hydrogen-bond donors (Lipinski definition) is 1. The van der Waals surface area contributed by atoms with Crippen LogP contribution >= 0.6 is 22.6 Å². The number of aromatic nitrogens is 4. The lowest BCUT2D eigenvalue weighted by Gasteiger charge is -2.09. The van der Waals surface area contributed by atoms with Gasteiger partial charge in [-0.2, -0.15) is 10.1 Å². The maximum Gasteiger partial charge on any atom is 0.316 e. The summed E-state index contributed by atoms with van der Waals surface area (Å²) in [4.78, 5) is 16.3. The van der Waals surface area contributed by atoms with Crippen LogP contribution in [0.4, 0.5) is 0 Å². The summed E-state index contributed by atoms with van der Waals surface area (Å²) in [5.41, 5.74) is 1.01. The second kappa shape index (κ2) is 8.84. The van der Waals surface area contributed by atoms with Crippen LogP contribution in [0.2, 0.25) is 0 Å². The highest BCUT2D eigenvalue weighted by atomic mass is 127. The quantitative estimate of drug-likeness (QED) is 0.489. The van der Waals surface area contributed by atoms with Crippen molar-refractivity contribution < 1.29 is 18.8 Å². The first-order chi connectivity index (χ1) is 13.1. The predicted octanol–water partition coefficient (Wildman–Crippen LogP) is 1.91. The molecule has 0 aliphatic rings. The van der Waals surface area contributed by atoms with Gasteiger partial charge in [-0.25, -0.2) is 0 Å². The van der Waals surface area contributed by atoms with E-state index < -0.39 is 5.91 Å². The van der Waals surface area contributed by atoms with Crippen molar-refractivity contribution in [2.24, 2.45) is 0 Å². The molecule has 10 heteroatoms. The van der Waals surface area contributed by atoms with Gasteiger partial charge in [-0.1, -0.05) is 11.2 Å². The molecule has 0 saturated heterocycles. The van der Waals surface area contributed by atoms with Gasteiger partial charge in [0, 0.05) is 12.7 Å². The lowest BCUT2D eigenvalue weighted by atomic mass is 10.1. The molecule has 0 fully saturated rings. The van der Waals surface area contributed by atoms with Gasteiger partial charge in [0.15, 0.2) is 17.3 Å². The molecule has 1 N–H and O–H groups in total. The molecule has 0 saturated carbocycles.